The lowest BCUT2D eigenvalue weighted by Gasteiger charge is -2.41. The number of aryl methyl sites for hydroxylation is 1. The lowest BCUT2D eigenvalue weighted by molar-refractivity contribution is -0.274. The summed E-state index contributed by atoms with van der Waals surface area (Å²) in [7, 11) is -37.2. The van der Waals surface area contributed by atoms with Gasteiger partial charge < -0.3 is 28.4 Å². The van der Waals surface area contributed by atoms with Crippen molar-refractivity contribution in [3.8, 4) is 0 Å². The minimum Gasteiger partial charge on any atom is -0.346 e. The van der Waals surface area contributed by atoms with Gasteiger partial charge in [-0.2, -0.15) is 58.9 Å². The molecule has 492 valence electrons. The molecule has 0 bridgehead atoms. The van der Waals surface area contributed by atoms with Crippen molar-refractivity contribution in [2.75, 3.05) is 12.5 Å². The third kappa shape index (κ3) is 22.4. The SMILES string of the molecule is Cc1cn(C[C@@H]2O[C@H](OCn3cc(C[C@H]4O[C@@H](OCc5cn(C[C@H]6C[C@@](CCl)(OC7O[C@H](COS(=O)(=O)O)[C@H](Cl)C[C@H]7OS(=O)(=O)O)C[C@@H]6OS(=O)(=O)O)nn5)C[C@@H](OS(=O)(=O)O)[C@H]4OS(=O)(=O)O)nn3)C[C@H](OS(=O)(=O)O)[C@@H]2OS(=O)(=O)O)nn1. The number of nitrogens with zero attached hydrogens (tertiary/aromatic N) is 9. The molecular formula is C34H51Cl2N9O34S7. The third-order valence-electron chi connectivity index (χ3n) is 12.4. The Morgan fingerprint density at radius 3 is 1.62 bits per heavy atom. The smallest absolute Gasteiger partial charge is 0.346 e. The van der Waals surface area contributed by atoms with Gasteiger partial charge in [0, 0.05) is 44.3 Å². The van der Waals surface area contributed by atoms with Crippen LogP contribution >= 0.6 is 23.2 Å². The molecule has 52 heteroatoms. The highest BCUT2D eigenvalue weighted by Gasteiger charge is 2.53. The predicted octanol–water partition coefficient (Wildman–Crippen LogP) is -3.49. The Labute approximate surface area is 497 Å². The molecule has 3 aromatic heterocycles. The van der Waals surface area contributed by atoms with Crippen LogP contribution in [0.15, 0.2) is 18.6 Å². The Bertz CT molecular complexity index is 3640. The summed E-state index contributed by atoms with van der Waals surface area (Å²) in [5.41, 5.74) is -1.61. The van der Waals surface area contributed by atoms with E-state index >= 15 is 0 Å². The van der Waals surface area contributed by atoms with Gasteiger partial charge in [-0.3, -0.25) is 36.6 Å². The van der Waals surface area contributed by atoms with Crippen LogP contribution < -0.4 is 0 Å². The van der Waals surface area contributed by atoms with E-state index in [-0.39, 0.29) is 24.4 Å². The molecule has 86 heavy (non-hydrogen) atoms. The van der Waals surface area contributed by atoms with Crippen molar-refractivity contribution in [1.29, 1.82) is 0 Å². The summed E-state index contributed by atoms with van der Waals surface area (Å²) in [4.78, 5) is 0. The van der Waals surface area contributed by atoms with Crippen molar-refractivity contribution in [1.82, 2.24) is 45.0 Å². The first-order valence-corrected chi connectivity index (χ1v) is 34.4. The van der Waals surface area contributed by atoms with E-state index in [0.29, 0.717) is 5.69 Å². The molecule has 7 rings (SSSR count). The highest BCUT2D eigenvalue weighted by molar-refractivity contribution is 7.82. The van der Waals surface area contributed by atoms with Gasteiger partial charge in [-0.25, -0.2) is 38.6 Å². The molecule has 0 amide bonds. The molecule has 6 heterocycles. The van der Waals surface area contributed by atoms with E-state index in [0.717, 1.165) is 20.2 Å². The second-order valence-corrected chi connectivity index (χ2v) is 27.3. The van der Waals surface area contributed by atoms with Crippen molar-refractivity contribution < 1.29 is 148 Å². The van der Waals surface area contributed by atoms with Crippen LogP contribution in [0.1, 0.15) is 49.2 Å². The van der Waals surface area contributed by atoms with Crippen molar-refractivity contribution >= 4 is 96.0 Å². The van der Waals surface area contributed by atoms with Crippen molar-refractivity contribution in [3.63, 3.8) is 0 Å². The third-order valence-corrected chi connectivity index (χ3v) is 16.7. The summed E-state index contributed by atoms with van der Waals surface area (Å²) >= 11 is 12.6. The molecule has 1 aliphatic carbocycles. The second-order valence-electron chi connectivity index (χ2n) is 19.1. The van der Waals surface area contributed by atoms with Gasteiger partial charge in [-0.05, 0) is 19.8 Å². The molecule has 1 unspecified atom stereocenters. The van der Waals surface area contributed by atoms with Gasteiger partial charge in [-0.15, -0.1) is 38.5 Å². The zero-order valence-corrected chi connectivity index (χ0v) is 50.3. The van der Waals surface area contributed by atoms with Gasteiger partial charge in [0.05, 0.1) is 72.6 Å². The van der Waals surface area contributed by atoms with Crippen LogP contribution in [-0.2, 0) is 163 Å². The van der Waals surface area contributed by atoms with Crippen LogP contribution in [0.3, 0.4) is 0 Å². The Kier molecular flexibility index (Phi) is 22.7. The largest absolute Gasteiger partial charge is 0.397 e. The van der Waals surface area contributed by atoms with Crippen LogP contribution in [0.5, 0.6) is 0 Å². The first-order chi connectivity index (χ1) is 39.5. The standard InChI is InChI=1S/C34H51Cl2N9O34S7/c1-17-8-43(40-37-17)12-27-32(79-86(64,65)66)24(75-82(52,53)54)5-30(71-27)68-16-45-10-19(38-42-45)2-22-31(78-85(61,62)63)23(74-81(49,50)51)4-29(70-22)67-13-20-11-44(41-39-20)9-18-6-34(15-35,7-26(18)77-84(58,59)60)73-33-25(76-83(55,56)57)3-21(36)28(72-33)14-69-80(46,47)48/h8,10-11,18,21-33H,2-7,9,12-16H2,1H3,(H,46,47,48)(H,49,50,51)(H,52,53,54)(H,55,56,57)(H,58,59,60)(H,61,62,63)(H,64,65,66)/t18-,21-,22-,23-,24+,25-,26+,27+,28-,29-,30+,31+,32+,33?,34-/m1/s1. The Balaban J connectivity index is 1.05. The summed E-state index contributed by atoms with van der Waals surface area (Å²) in [6.45, 7) is -1.43. The highest BCUT2D eigenvalue weighted by Crippen LogP contribution is 2.44. The van der Waals surface area contributed by atoms with E-state index in [1.165, 1.54) is 12.4 Å². The average molecular weight is 1430 g/mol. The normalized spacial score (nSPS) is 31.1. The highest BCUT2D eigenvalue weighted by atomic mass is 35.5. The van der Waals surface area contributed by atoms with Crippen molar-refractivity contribution in [2.24, 2.45) is 5.92 Å². The Morgan fingerprint density at radius 1 is 0.558 bits per heavy atom. The Morgan fingerprint density at radius 2 is 1.06 bits per heavy atom. The first kappa shape index (κ1) is 70.3. The van der Waals surface area contributed by atoms with Gasteiger partial charge >= 0.3 is 72.8 Å². The molecule has 3 saturated heterocycles. The molecule has 0 spiro atoms. The van der Waals surface area contributed by atoms with Crippen LogP contribution in [0.25, 0.3) is 0 Å². The summed E-state index contributed by atoms with van der Waals surface area (Å²) in [6, 6.07) is 0. The number of rotatable bonds is 30. The summed E-state index contributed by atoms with van der Waals surface area (Å²) in [5.74, 6) is -1.63. The average Bonchev–Trinajstić information content (AvgIpc) is 2.59. The van der Waals surface area contributed by atoms with E-state index in [1.807, 2.05) is 0 Å². The number of alkyl halides is 2. The molecule has 43 nitrogen and oxygen atoms in total. The van der Waals surface area contributed by atoms with Gasteiger partial charge in [0.15, 0.2) is 18.9 Å². The van der Waals surface area contributed by atoms with Crippen molar-refractivity contribution in [2.45, 2.75) is 157 Å². The lowest BCUT2D eigenvalue weighted by atomic mass is 9.98. The maximum atomic E-state index is 12.1. The molecule has 4 aliphatic rings. The topological polar surface area (TPSA) is 593 Å². The zero-order chi connectivity index (χ0) is 63.6. The monoisotopic (exact) mass is 1420 g/mol. The summed E-state index contributed by atoms with van der Waals surface area (Å²) < 4.78 is 303. The van der Waals surface area contributed by atoms with E-state index < -0.39 is 228 Å². The van der Waals surface area contributed by atoms with Crippen LogP contribution in [-0.4, -0.2) is 233 Å². The maximum Gasteiger partial charge on any atom is 0.397 e. The summed E-state index contributed by atoms with van der Waals surface area (Å²) in [6.07, 6.45) is -21.0. The first-order valence-electron chi connectivity index (χ1n) is 23.8. The van der Waals surface area contributed by atoms with Gasteiger partial charge in [-0.1, -0.05) is 15.6 Å². The van der Waals surface area contributed by atoms with E-state index in [1.54, 1.807) is 6.92 Å². The molecule has 4 fully saturated rings. The van der Waals surface area contributed by atoms with Crippen LogP contribution in [0.4, 0.5) is 0 Å². The number of hydrogen-bond acceptors (Lipinski definition) is 33. The zero-order valence-electron chi connectivity index (χ0n) is 43.1. The second kappa shape index (κ2) is 27.8. The predicted molar refractivity (Wildman–Crippen MR) is 267 cm³/mol. The maximum absolute atomic E-state index is 12.1. The van der Waals surface area contributed by atoms with Crippen molar-refractivity contribution in [3.05, 3.63) is 35.7 Å². The minimum atomic E-state index is -5.49. The van der Waals surface area contributed by atoms with Gasteiger partial charge in [0.1, 0.15) is 55.2 Å². The number of halogens is 2. The molecule has 3 aromatic rings. The molecule has 1 saturated carbocycles. The molecular weight excluding hydrogens is 1370 g/mol. The minimum absolute atomic E-state index is 0.0598. The van der Waals surface area contributed by atoms with Crippen LogP contribution in [0.2, 0.25) is 0 Å². The molecule has 15 atom stereocenters. The number of aromatic nitrogens is 9. The Hall–Kier alpha value is -3.15. The van der Waals surface area contributed by atoms with E-state index in [9.17, 15) is 86.2 Å². The summed E-state index contributed by atoms with van der Waals surface area (Å²) in [5, 5.41) is 22.0. The molecule has 7 N–H and O–H groups in total. The van der Waals surface area contributed by atoms with Gasteiger partial charge in [0.2, 0.25) is 0 Å². The fourth-order valence-corrected chi connectivity index (χ4v) is 13.4. The van der Waals surface area contributed by atoms with E-state index in [2.05, 4.69) is 43.5 Å². The lowest BCUT2D eigenvalue weighted by Crippen LogP contribution is -2.54. The van der Waals surface area contributed by atoms with E-state index in [4.69, 9.17) is 72.9 Å². The molecule has 0 radical (unpaired) electrons. The quantitative estimate of drug-likeness (QED) is 0.0252. The number of ether oxygens (including phenoxy) is 6. The number of hydrogen-bond donors (Lipinski definition) is 7. The molecule has 3 aliphatic heterocycles. The fourth-order valence-electron chi connectivity index (χ4n) is 9.41. The van der Waals surface area contributed by atoms with Gasteiger partial charge in [0.25, 0.3) is 0 Å². The van der Waals surface area contributed by atoms with Crippen LogP contribution in [0, 0.1) is 12.8 Å². The molecule has 0 aromatic carbocycles. The fraction of sp³-hybridized carbons (Fsp3) is 0.824.